The van der Waals surface area contributed by atoms with Crippen LogP contribution in [0.4, 0.5) is 13.2 Å². The number of aromatic nitrogens is 2. The van der Waals surface area contributed by atoms with E-state index in [0.717, 1.165) is 5.69 Å². The maximum atomic E-state index is 14.7. The normalized spacial score (nSPS) is 20.6. The molecule has 0 aliphatic heterocycles. The third-order valence-electron chi connectivity index (χ3n) is 4.39. The Balaban J connectivity index is 1.90. The van der Waals surface area contributed by atoms with Crippen LogP contribution in [0, 0.1) is 13.8 Å². The Kier molecular flexibility index (Phi) is 4.31. The first kappa shape index (κ1) is 18.1. The number of nitrogens with zero attached hydrogens (tertiary/aromatic N) is 2. The van der Waals surface area contributed by atoms with Crippen LogP contribution in [0.25, 0.3) is 0 Å². The number of alkyl halides is 3. The summed E-state index contributed by atoms with van der Waals surface area (Å²) in [5.41, 5.74) is 0.328. The van der Waals surface area contributed by atoms with E-state index >= 15 is 0 Å². The average Bonchev–Trinajstić information content (AvgIpc) is 2.44. The molecule has 134 valence electrons. The fourth-order valence-electron chi connectivity index (χ4n) is 3.23. The largest absolute Gasteiger partial charge is 0.317 e. The van der Waals surface area contributed by atoms with Gasteiger partial charge in [0, 0.05) is 17.5 Å². The highest BCUT2D eigenvalue weighted by Crippen LogP contribution is 2.54. The van der Waals surface area contributed by atoms with Crippen molar-refractivity contribution in [2.45, 2.75) is 44.4 Å². The summed E-state index contributed by atoms with van der Waals surface area (Å²) >= 11 is 0. The molecule has 1 atom stereocenters. The van der Waals surface area contributed by atoms with Crippen LogP contribution >= 0.6 is 7.14 Å². The standard InChI is InChI=1S/C18H20F3N2OP/c1-12-5-4-6-16(23-12)25(3,24)9-14-7-13(2)22-15(8-14)17(19)10-18(20,21)11-17/h4-8H,9-11H2,1-3H3. The molecule has 0 bridgehead atoms. The molecule has 1 aliphatic carbocycles. The van der Waals surface area contributed by atoms with Crippen molar-refractivity contribution in [1.29, 1.82) is 0 Å². The molecule has 7 heteroatoms. The fraction of sp³-hybridized carbons (Fsp3) is 0.444. The fourth-order valence-corrected chi connectivity index (χ4v) is 5.04. The summed E-state index contributed by atoms with van der Waals surface area (Å²) < 4.78 is 54.0. The van der Waals surface area contributed by atoms with E-state index in [1.54, 1.807) is 31.8 Å². The van der Waals surface area contributed by atoms with Gasteiger partial charge < -0.3 is 4.57 Å². The van der Waals surface area contributed by atoms with Gasteiger partial charge in [-0.1, -0.05) is 6.07 Å². The number of hydrogen-bond acceptors (Lipinski definition) is 3. The first-order chi connectivity index (χ1) is 11.5. The number of halogens is 3. The van der Waals surface area contributed by atoms with E-state index < -0.39 is 31.6 Å². The quantitative estimate of drug-likeness (QED) is 0.746. The molecule has 0 spiro atoms. The van der Waals surface area contributed by atoms with Crippen molar-refractivity contribution in [3.8, 4) is 0 Å². The van der Waals surface area contributed by atoms with E-state index in [2.05, 4.69) is 9.97 Å². The lowest BCUT2D eigenvalue weighted by atomic mass is 9.75. The lowest BCUT2D eigenvalue weighted by molar-refractivity contribution is -0.176. The van der Waals surface area contributed by atoms with Crippen molar-refractivity contribution in [3.63, 3.8) is 0 Å². The molecule has 2 aromatic rings. The molecule has 3 nitrogen and oxygen atoms in total. The van der Waals surface area contributed by atoms with Gasteiger partial charge in [-0.15, -0.1) is 0 Å². The van der Waals surface area contributed by atoms with Crippen LogP contribution in [0.3, 0.4) is 0 Å². The highest BCUT2D eigenvalue weighted by atomic mass is 31.2. The Morgan fingerprint density at radius 3 is 2.36 bits per heavy atom. The molecule has 1 aliphatic rings. The van der Waals surface area contributed by atoms with Gasteiger partial charge in [-0.3, -0.25) is 9.97 Å². The van der Waals surface area contributed by atoms with E-state index in [1.165, 1.54) is 6.07 Å². The Bertz CT molecular complexity index is 861. The number of aryl methyl sites for hydroxylation is 2. The molecule has 0 radical (unpaired) electrons. The van der Waals surface area contributed by atoms with Gasteiger partial charge in [-0.2, -0.15) is 0 Å². The third kappa shape index (κ3) is 3.79. The Labute approximate surface area is 145 Å². The minimum absolute atomic E-state index is 0.00521. The van der Waals surface area contributed by atoms with Crippen molar-refractivity contribution >= 4 is 12.6 Å². The molecule has 0 saturated heterocycles. The van der Waals surface area contributed by atoms with Gasteiger partial charge in [-0.25, -0.2) is 13.2 Å². The zero-order chi connectivity index (χ0) is 18.5. The molecular weight excluding hydrogens is 348 g/mol. The van der Waals surface area contributed by atoms with Crippen molar-refractivity contribution in [2.75, 3.05) is 6.66 Å². The maximum Gasteiger partial charge on any atom is 0.255 e. The summed E-state index contributed by atoms with van der Waals surface area (Å²) in [5.74, 6) is -2.98. The Morgan fingerprint density at radius 2 is 1.76 bits per heavy atom. The highest BCUT2D eigenvalue weighted by Gasteiger charge is 2.59. The van der Waals surface area contributed by atoms with Gasteiger partial charge in [0.05, 0.1) is 18.5 Å². The summed E-state index contributed by atoms with van der Waals surface area (Å²) in [7, 11) is -2.81. The molecule has 0 aromatic carbocycles. The third-order valence-corrected chi connectivity index (χ3v) is 6.58. The zero-order valence-electron chi connectivity index (χ0n) is 14.4. The number of hydrogen-bond donors (Lipinski definition) is 0. The van der Waals surface area contributed by atoms with Crippen molar-refractivity contribution in [1.82, 2.24) is 9.97 Å². The van der Waals surface area contributed by atoms with Crippen LogP contribution in [0.1, 0.15) is 35.5 Å². The summed E-state index contributed by atoms with van der Waals surface area (Å²) in [4.78, 5) is 8.43. The van der Waals surface area contributed by atoms with Crippen LogP contribution in [-0.2, 0) is 16.4 Å². The topological polar surface area (TPSA) is 42.9 Å². The second-order valence-corrected chi connectivity index (χ2v) is 10.0. The van der Waals surface area contributed by atoms with Crippen LogP contribution in [-0.4, -0.2) is 22.6 Å². The van der Waals surface area contributed by atoms with E-state index in [1.807, 2.05) is 13.0 Å². The highest BCUT2D eigenvalue weighted by molar-refractivity contribution is 7.69. The second kappa shape index (κ2) is 5.94. The van der Waals surface area contributed by atoms with Gasteiger partial charge in [0.25, 0.3) is 5.92 Å². The van der Waals surface area contributed by atoms with Crippen LogP contribution < -0.4 is 5.44 Å². The molecule has 3 rings (SSSR count). The minimum atomic E-state index is -2.98. The Morgan fingerprint density at radius 1 is 1.08 bits per heavy atom. The molecule has 1 unspecified atom stereocenters. The first-order valence-corrected chi connectivity index (χ1v) is 10.4. The van der Waals surface area contributed by atoms with E-state index in [0.29, 0.717) is 16.7 Å². The maximum absolute atomic E-state index is 14.7. The summed E-state index contributed by atoms with van der Waals surface area (Å²) in [6.07, 6.45) is -1.51. The molecule has 1 saturated carbocycles. The lowest BCUT2D eigenvalue weighted by Gasteiger charge is -2.40. The molecular formula is C18H20F3N2OP. The predicted octanol–water partition coefficient (Wildman–Crippen LogP) is 4.51. The van der Waals surface area contributed by atoms with Gasteiger partial charge in [0.1, 0.15) is 12.6 Å². The smallest absolute Gasteiger partial charge is 0.255 e. The van der Waals surface area contributed by atoms with Crippen LogP contribution in [0.5, 0.6) is 0 Å². The van der Waals surface area contributed by atoms with Gasteiger partial charge in [0.2, 0.25) is 0 Å². The van der Waals surface area contributed by atoms with E-state index in [4.69, 9.17) is 0 Å². The Hall–Kier alpha value is -1.68. The van der Waals surface area contributed by atoms with Crippen molar-refractivity contribution in [3.05, 3.63) is 53.0 Å². The molecule has 0 amide bonds. The minimum Gasteiger partial charge on any atom is -0.317 e. The average molecular weight is 368 g/mol. The van der Waals surface area contributed by atoms with Crippen molar-refractivity contribution < 1.29 is 17.7 Å². The van der Waals surface area contributed by atoms with E-state index in [9.17, 15) is 17.7 Å². The molecule has 0 N–H and O–H groups in total. The SMILES string of the molecule is Cc1cc(CP(C)(=O)c2cccc(C)n2)cc(C2(F)CC(F)(F)C2)n1. The number of rotatable bonds is 4. The molecule has 2 aromatic heterocycles. The molecule has 2 heterocycles. The lowest BCUT2D eigenvalue weighted by Crippen LogP contribution is -2.46. The summed E-state index contributed by atoms with van der Waals surface area (Å²) in [6.45, 7) is 5.13. The van der Waals surface area contributed by atoms with Gasteiger partial charge in [-0.05, 0) is 50.3 Å². The van der Waals surface area contributed by atoms with E-state index in [-0.39, 0.29) is 11.9 Å². The second-order valence-electron chi connectivity index (χ2n) is 7.07. The zero-order valence-corrected chi connectivity index (χ0v) is 15.3. The first-order valence-electron chi connectivity index (χ1n) is 8.05. The summed E-state index contributed by atoms with van der Waals surface area (Å²) in [6, 6.07) is 8.52. The van der Waals surface area contributed by atoms with Gasteiger partial charge in [0.15, 0.2) is 5.67 Å². The predicted molar refractivity (Wildman–Crippen MR) is 91.8 cm³/mol. The molecule has 1 fully saturated rings. The molecule has 25 heavy (non-hydrogen) atoms. The van der Waals surface area contributed by atoms with Crippen LogP contribution in [0.2, 0.25) is 0 Å². The van der Waals surface area contributed by atoms with Crippen LogP contribution in [0.15, 0.2) is 30.3 Å². The van der Waals surface area contributed by atoms with Crippen molar-refractivity contribution in [2.24, 2.45) is 0 Å². The van der Waals surface area contributed by atoms with Gasteiger partial charge >= 0.3 is 0 Å². The summed E-state index contributed by atoms with van der Waals surface area (Å²) in [5, 5.41) is 0. The number of pyridine rings is 2. The monoisotopic (exact) mass is 368 g/mol.